The Balaban J connectivity index is 1.68. The van der Waals surface area contributed by atoms with Crippen LogP contribution >= 0.6 is 0 Å². The lowest BCUT2D eigenvalue weighted by molar-refractivity contribution is 0.0951. The number of carbonyl (C=O) groups excluding carboxylic acids is 1. The van der Waals surface area contributed by atoms with Crippen LogP contribution in [0.25, 0.3) is 11.1 Å². The van der Waals surface area contributed by atoms with E-state index in [2.05, 4.69) is 39.2 Å². The van der Waals surface area contributed by atoms with Crippen molar-refractivity contribution in [3.63, 3.8) is 0 Å². The van der Waals surface area contributed by atoms with Gasteiger partial charge in [0.1, 0.15) is 5.82 Å². The van der Waals surface area contributed by atoms with Crippen molar-refractivity contribution in [2.45, 2.75) is 20.4 Å². The fraction of sp³-hybridized carbons (Fsp3) is 0.250. The largest absolute Gasteiger partial charge is 0.357 e. The second-order valence-electron chi connectivity index (χ2n) is 5.91. The van der Waals surface area contributed by atoms with Crippen molar-refractivity contribution >= 4 is 11.7 Å². The van der Waals surface area contributed by atoms with E-state index < -0.39 is 0 Å². The van der Waals surface area contributed by atoms with Crippen molar-refractivity contribution in [2.24, 2.45) is 0 Å². The number of aromatic amines is 1. The van der Waals surface area contributed by atoms with E-state index in [1.165, 1.54) is 0 Å². The van der Waals surface area contributed by atoms with Crippen molar-refractivity contribution in [3.8, 4) is 11.1 Å². The van der Waals surface area contributed by atoms with Gasteiger partial charge in [-0.1, -0.05) is 24.3 Å². The van der Waals surface area contributed by atoms with Crippen molar-refractivity contribution in [3.05, 3.63) is 66.1 Å². The highest BCUT2D eigenvalue weighted by Gasteiger charge is 2.13. The molecule has 6 heteroatoms. The maximum absolute atomic E-state index is 12.6. The topological polar surface area (TPSA) is 73.9 Å². The molecule has 3 aromatic rings. The molecule has 6 nitrogen and oxygen atoms in total. The van der Waals surface area contributed by atoms with Gasteiger partial charge < -0.3 is 10.2 Å². The SMILES string of the molecule is CCN(CC)c1ccc(CNC(=O)c2ccccc2-c2cn[nH]c2)cn1. The van der Waals surface area contributed by atoms with Gasteiger partial charge in [0.05, 0.1) is 6.20 Å². The Labute approximate surface area is 153 Å². The van der Waals surface area contributed by atoms with E-state index in [1.54, 1.807) is 12.4 Å². The first-order chi connectivity index (χ1) is 12.7. The summed E-state index contributed by atoms with van der Waals surface area (Å²) in [6, 6.07) is 11.5. The molecular weight excluding hydrogens is 326 g/mol. The molecule has 0 aliphatic heterocycles. The maximum atomic E-state index is 12.6. The third-order valence-corrected chi connectivity index (χ3v) is 4.33. The van der Waals surface area contributed by atoms with Gasteiger partial charge in [-0.2, -0.15) is 5.10 Å². The second kappa shape index (κ2) is 8.29. The van der Waals surface area contributed by atoms with Gasteiger partial charge in [-0.05, 0) is 37.1 Å². The van der Waals surface area contributed by atoms with Crippen molar-refractivity contribution in [1.82, 2.24) is 20.5 Å². The maximum Gasteiger partial charge on any atom is 0.252 e. The molecule has 0 saturated heterocycles. The van der Waals surface area contributed by atoms with Gasteiger partial charge >= 0.3 is 0 Å². The summed E-state index contributed by atoms with van der Waals surface area (Å²) in [6.45, 7) is 6.49. The first-order valence-electron chi connectivity index (χ1n) is 8.79. The number of rotatable bonds is 7. The number of hydrogen-bond acceptors (Lipinski definition) is 4. The summed E-state index contributed by atoms with van der Waals surface area (Å²) in [6.07, 6.45) is 5.31. The van der Waals surface area contributed by atoms with Crippen LogP contribution in [0.5, 0.6) is 0 Å². The zero-order chi connectivity index (χ0) is 18.4. The quantitative estimate of drug-likeness (QED) is 0.687. The predicted octanol–water partition coefficient (Wildman–Crippen LogP) is 3.25. The van der Waals surface area contributed by atoms with Gasteiger partial charge in [0, 0.05) is 43.2 Å². The highest BCUT2D eigenvalue weighted by molar-refractivity contribution is 6.00. The number of carbonyl (C=O) groups is 1. The molecule has 0 atom stereocenters. The third kappa shape index (κ3) is 3.91. The molecule has 2 aromatic heterocycles. The number of anilines is 1. The van der Waals surface area contributed by atoms with E-state index in [9.17, 15) is 4.79 Å². The number of nitrogens with zero attached hydrogens (tertiary/aromatic N) is 3. The molecule has 1 aromatic carbocycles. The Kier molecular flexibility index (Phi) is 5.63. The van der Waals surface area contributed by atoms with E-state index in [0.29, 0.717) is 12.1 Å². The molecule has 1 amide bonds. The normalized spacial score (nSPS) is 10.5. The molecule has 0 radical (unpaired) electrons. The summed E-state index contributed by atoms with van der Waals surface area (Å²) >= 11 is 0. The van der Waals surface area contributed by atoms with Crippen molar-refractivity contribution in [2.75, 3.05) is 18.0 Å². The average molecular weight is 349 g/mol. The molecule has 134 valence electrons. The first kappa shape index (κ1) is 17.7. The van der Waals surface area contributed by atoms with Crippen LogP contribution in [0.1, 0.15) is 29.8 Å². The number of pyridine rings is 1. The highest BCUT2D eigenvalue weighted by atomic mass is 16.1. The third-order valence-electron chi connectivity index (χ3n) is 4.33. The zero-order valence-corrected chi connectivity index (χ0v) is 15.1. The Morgan fingerprint density at radius 3 is 2.58 bits per heavy atom. The summed E-state index contributed by atoms with van der Waals surface area (Å²) in [4.78, 5) is 19.3. The monoisotopic (exact) mass is 349 g/mol. The molecule has 0 spiro atoms. The van der Waals surface area contributed by atoms with E-state index in [1.807, 2.05) is 42.6 Å². The summed E-state index contributed by atoms with van der Waals surface area (Å²) in [5, 5.41) is 9.71. The van der Waals surface area contributed by atoms with Gasteiger partial charge in [-0.15, -0.1) is 0 Å². The zero-order valence-electron chi connectivity index (χ0n) is 15.1. The number of aromatic nitrogens is 3. The average Bonchev–Trinajstić information content (AvgIpc) is 3.23. The van der Waals surface area contributed by atoms with Crippen LogP contribution in [0.3, 0.4) is 0 Å². The molecule has 26 heavy (non-hydrogen) atoms. The van der Waals surface area contributed by atoms with E-state index in [4.69, 9.17) is 0 Å². The minimum Gasteiger partial charge on any atom is -0.357 e. The molecule has 2 heterocycles. The van der Waals surface area contributed by atoms with Crippen molar-refractivity contribution in [1.29, 1.82) is 0 Å². The number of amides is 1. The van der Waals surface area contributed by atoms with Gasteiger partial charge in [0.15, 0.2) is 0 Å². The van der Waals surface area contributed by atoms with Crippen LogP contribution in [-0.4, -0.2) is 34.2 Å². The molecule has 2 N–H and O–H groups in total. The summed E-state index contributed by atoms with van der Waals surface area (Å²) in [5.41, 5.74) is 3.34. The van der Waals surface area contributed by atoms with Gasteiger partial charge in [0.25, 0.3) is 5.91 Å². The summed E-state index contributed by atoms with van der Waals surface area (Å²) in [7, 11) is 0. The highest BCUT2D eigenvalue weighted by Crippen LogP contribution is 2.22. The van der Waals surface area contributed by atoms with E-state index >= 15 is 0 Å². The van der Waals surface area contributed by atoms with E-state index in [0.717, 1.165) is 35.6 Å². The standard InChI is InChI=1S/C20H23N5O/c1-3-25(4-2)19-10-9-15(11-21-19)12-22-20(26)18-8-6-5-7-17(18)16-13-23-24-14-16/h5-11,13-14H,3-4,12H2,1-2H3,(H,22,26)(H,23,24). The Morgan fingerprint density at radius 1 is 1.12 bits per heavy atom. The summed E-state index contributed by atoms with van der Waals surface area (Å²) < 4.78 is 0. The molecule has 0 aliphatic carbocycles. The number of nitrogens with one attached hydrogen (secondary N) is 2. The summed E-state index contributed by atoms with van der Waals surface area (Å²) in [5.74, 6) is 0.838. The van der Waals surface area contributed by atoms with Crippen molar-refractivity contribution < 1.29 is 4.79 Å². The smallest absolute Gasteiger partial charge is 0.252 e. The molecule has 0 unspecified atom stereocenters. The first-order valence-corrected chi connectivity index (χ1v) is 8.79. The fourth-order valence-corrected chi connectivity index (χ4v) is 2.86. The lowest BCUT2D eigenvalue weighted by Gasteiger charge is -2.19. The van der Waals surface area contributed by atoms with Gasteiger partial charge in [0.2, 0.25) is 0 Å². The number of hydrogen-bond donors (Lipinski definition) is 2. The fourth-order valence-electron chi connectivity index (χ4n) is 2.86. The second-order valence-corrected chi connectivity index (χ2v) is 5.91. The molecule has 3 rings (SSSR count). The number of H-pyrrole nitrogens is 1. The van der Waals surface area contributed by atoms with Gasteiger partial charge in [-0.25, -0.2) is 4.98 Å². The molecule has 0 saturated carbocycles. The van der Waals surface area contributed by atoms with Crippen LogP contribution in [0.4, 0.5) is 5.82 Å². The lowest BCUT2D eigenvalue weighted by atomic mass is 10.0. The van der Waals surface area contributed by atoms with Crippen LogP contribution in [0.2, 0.25) is 0 Å². The minimum atomic E-state index is -0.116. The Hall–Kier alpha value is -3.15. The van der Waals surface area contributed by atoms with Crippen LogP contribution in [0, 0.1) is 0 Å². The van der Waals surface area contributed by atoms with Gasteiger partial charge in [-0.3, -0.25) is 9.89 Å². The molecule has 0 aliphatic rings. The minimum absolute atomic E-state index is 0.116. The molecule has 0 fully saturated rings. The van der Waals surface area contributed by atoms with E-state index in [-0.39, 0.29) is 5.91 Å². The Bertz CT molecular complexity index is 839. The predicted molar refractivity (Wildman–Crippen MR) is 103 cm³/mol. The van der Waals surface area contributed by atoms with Crippen LogP contribution < -0.4 is 10.2 Å². The molecule has 0 bridgehead atoms. The van der Waals surface area contributed by atoms with Crippen LogP contribution in [0.15, 0.2) is 55.0 Å². The number of benzene rings is 1. The van der Waals surface area contributed by atoms with Crippen LogP contribution in [-0.2, 0) is 6.54 Å². The Morgan fingerprint density at radius 2 is 1.92 bits per heavy atom. The lowest BCUT2D eigenvalue weighted by Crippen LogP contribution is -2.24. The molecular formula is C20H23N5O.